The molecule has 127 heavy (non-hydrogen) atoms. The predicted molar refractivity (Wildman–Crippen MR) is 462 cm³/mol. The molecule has 5 aliphatic heterocycles. The number of likely N-dealkylation sites (N-methyl/N-ethyl adjacent to an activating group) is 2. The van der Waals surface area contributed by atoms with E-state index in [4.69, 9.17) is 79.4 Å². The summed E-state index contributed by atoms with van der Waals surface area (Å²) in [4.78, 5) is 59.4. The number of alkyl halides is 6. The van der Waals surface area contributed by atoms with Crippen molar-refractivity contribution in [3.05, 3.63) is 233 Å². The Balaban J connectivity index is 0.000000181. The van der Waals surface area contributed by atoms with Gasteiger partial charge in [-0.25, -0.2) is 48.0 Å². The minimum Gasteiger partial charge on any atom is -0.448 e. The van der Waals surface area contributed by atoms with E-state index in [0.29, 0.717) is 86.6 Å². The third-order valence-electron chi connectivity index (χ3n) is 20.9. The standard InChI is InChI=1S/C40H34Cl2F3N7O4.C25H24Cl2F3N7O2.C21H18Cl2F3N5O/c1-2-50(37(53)33-12-7-17-51(33)40(54)55-21-29-27-10-5-3-8-25(27)26-9-4-6-11-28(26)29)34-20-52(49-36(34)23-13-15-30(41)31(42)18-23)39(47-22-46)48-24-14-16-32(43)35(19-24)56-38(44)45;1-2-36(23(38)19-4-3-9-32-19)20-12-37(35-22(20)14-5-7-16(26)17(27)10-14)25(33-13-31)34-15-6-8-18(28)21(11-15)39-24(29)30;1-2-3-13-10-31(30-19(13)12-4-6-15(22)16(23)8-12)21(28-11-27)29-14-5-7-17(24)18(9-14)32-20(25)26/h3-6,8-11,13-16,18-19,29,33-34,38H,2,7,12,17,20-21H2,1H3,(H,47,48);5-8,10-11,19-20,24,32H,2-4,9,12H2,1H3,(H,33,34);4-9,13,20H,2-3,10H2,1H3,(H,28,29)/t33-,34?;19-,20?;/m11./s1. The van der Waals surface area contributed by atoms with Crippen molar-refractivity contribution in [3.8, 4) is 47.0 Å². The van der Waals surface area contributed by atoms with Gasteiger partial charge in [0.25, 0.3) is 0 Å². The number of guanidine groups is 3. The second-order valence-corrected chi connectivity index (χ2v) is 31.1. The number of benzene rings is 8. The molecule has 41 heteroatoms. The Morgan fingerprint density at radius 2 is 0.913 bits per heavy atom. The first kappa shape index (κ1) is 93.9. The number of nitrogens with zero attached hydrogens (tertiary/aromatic N) is 15. The highest BCUT2D eigenvalue weighted by Gasteiger charge is 2.45. The molecule has 26 nitrogen and oxygen atoms in total. The molecule has 14 rings (SSSR count). The quantitative estimate of drug-likeness (QED) is 0.0161. The number of amides is 3. The monoisotopic (exact) mass is 1870 g/mol. The summed E-state index contributed by atoms with van der Waals surface area (Å²) in [5, 5.41) is 58.9. The molecular weight excluding hydrogens is 1790 g/mol. The molecule has 0 radical (unpaired) electrons. The van der Waals surface area contributed by atoms with Gasteiger partial charge in [-0.1, -0.05) is 150 Å². The van der Waals surface area contributed by atoms with E-state index in [1.165, 1.54) is 38.1 Å². The van der Waals surface area contributed by atoms with E-state index in [1.807, 2.05) is 56.3 Å². The van der Waals surface area contributed by atoms with Gasteiger partial charge in [-0.15, -0.1) is 0 Å². The third-order valence-corrected chi connectivity index (χ3v) is 23.1. The van der Waals surface area contributed by atoms with Gasteiger partial charge in [0.1, 0.15) is 12.6 Å². The number of fused-ring (bicyclic) bond motifs is 3. The lowest BCUT2D eigenvalue weighted by Gasteiger charge is -2.34. The van der Waals surface area contributed by atoms with Crippen LogP contribution in [0.5, 0.6) is 17.2 Å². The summed E-state index contributed by atoms with van der Waals surface area (Å²) < 4.78 is 137. The zero-order valence-electron chi connectivity index (χ0n) is 67.3. The average molecular weight is 1870 g/mol. The van der Waals surface area contributed by atoms with Gasteiger partial charge in [0.15, 0.2) is 53.3 Å². The van der Waals surface area contributed by atoms with Crippen LogP contribution in [0.1, 0.15) is 93.0 Å². The molecule has 1 aliphatic carbocycles. The SMILES string of the molecule is CCCC1CN(C(=Nc2ccc(F)c(OC(F)F)c2)NC#N)N=C1c1ccc(Cl)c(Cl)c1.CCN(C(=O)[C@H]1CCCN1)C1CN(C(=Nc2ccc(F)c(OC(F)F)c2)NC#N)N=C1c1ccc(Cl)c(Cl)c1.CCN(C(=O)[C@H]1CCCN1C(=O)OCC1c2ccccc2-c2ccccc21)C1CN(C(=Nc2ccc(F)c(OC(F)F)c2)NC#N)N=C1c1ccc(Cl)c(Cl)c1. The topological polar surface area (TPSA) is 301 Å². The molecule has 6 aliphatic rings. The highest BCUT2D eigenvalue weighted by molar-refractivity contribution is 6.43. The number of likely N-dealkylation sites (tertiary alicyclic amines) is 1. The Hall–Kier alpha value is -12.3. The van der Waals surface area contributed by atoms with Gasteiger partial charge in [0.2, 0.25) is 29.7 Å². The number of hydrazone groups is 3. The Kier molecular flexibility index (Phi) is 32.0. The second-order valence-electron chi connectivity index (χ2n) is 28.7. The molecule has 0 saturated carbocycles. The fourth-order valence-electron chi connectivity index (χ4n) is 15.2. The first-order chi connectivity index (χ1) is 61.1. The van der Waals surface area contributed by atoms with Crippen LogP contribution < -0.4 is 35.5 Å². The van der Waals surface area contributed by atoms with Gasteiger partial charge in [-0.2, -0.15) is 57.4 Å². The number of hydrogen-bond donors (Lipinski definition) is 4. The van der Waals surface area contributed by atoms with E-state index >= 15 is 0 Å². The van der Waals surface area contributed by atoms with Crippen molar-refractivity contribution >= 4 is 140 Å². The maximum absolute atomic E-state index is 14.6. The lowest BCUT2D eigenvalue weighted by Crippen LogP contribution is -2.54. The highest BCUT2D eigenvalue weighted by atomic mass is 35.5. The van der Waals surface area contributed by atoms with E-state index < -0.39 is 78.8 Å². The van der Waals surface area contributed by atoms with Crippen LogP contribution >= 0.6 is 69.6 Å². The van der Waals surface area contributed by atoms with Crippen molar-refractivity contribution in [2.24, 2.45) is 36.2 Å². The normalized spacial score (nSPS) is 17.8. The number of nitriles is 3. The van der Waals surface area contributed by atoms with Gasteiger partial charge >= 0.3 is 25.9 Å². The number of halogens is 15. The Labute approximate surface area is 752 Å². The van der Waals surface area contributed by atoms with Crippen molar-refractivity contribution in [3.63, 3.8) is 0 Å². The molecular formula is C86H76Cl6F9N19O7. The summed E-state index contributed by atoms with van der Waals surface area (Å²) in [7, 11) is 0. The lowest BCUT2D eigenvalue weighted by atomic mass is 9.93. The lowest BCUT2D eigenvalue weighted by molar-refractivity contribution is -0.136. The molecule has 4 N–H and O–H groups in total. The number of carbonyl (C=O) groups is 3. The third kappa shape index (κ3) is 22.8. The van der Waals surface area contributed by atoms with E-state index in [2.05, 4.69) is 72.8 Å². The smallest absolute Gasteiger partial charge is 0.410 e. The molecule has 8 aromatic rings. The summed E-state index contributed by atoms with van der Waals surface area (Å²) in [6, 6.07) is 38.1. The number of carbonyl (C=O) groups excluding carboxylic acids is 3. The maximum Gasteiger partial charge on any atom is 0.410 e. The van der Waals surface area contributed by atoms with Gasteiger partial charge in [0.05, 0.1) is 102 Å². The van der Waals surface area contributed by atoms with Crippen LogP contribution in [0.3, 0.4) is 0 Å². The first-order valence-electron chi connectivity index (χ1n) is 39.5. The number of hydrogen-bond acceptors (Lipinski definition) is 17. The fraction of sp³-hybridized carbons (Fsp3) is 0.302. The molecule has 662 valence electrons. The summed E-state index contributed by atoms with van der Waals surface area (Å²) >= 11 is 37.2. The van der Waals surface area contributed by atoms with Crippen LogP contribution in [0.25, 0.3) is 11.1 Å². The van der Waals surface area contributed by atoms with E-state index in [9.17, 15) is 69.7 Å². The number of aliphatic imine (C=N–C) groups is 3. The molecule has 0 aromatic heterocycles. The first-order valence-corrected chi connectivity index (χ1v) is 41.7. The van der Waals surface area contributed by atoms with Gasteiger partial charge in [0, 0.05) is 60.8 Å². The van der Waals surface area contributed by atoms with Gasteiger partial charge in [-0.3, -0.25) is 30.4 Å². The molecule has 2 saturated heterocycles. The molecule has 5 heterocycles. The largest absolute Gasteiger partial charge is 0.448 e. The van der Waals surface area contributed by atoms with Crippen LogP contribution in [0.2, 0.25) is 30.1 Å². The molecule has 2 fully saturated rings. The van der Waals surface area contributed by atoms with Crippen molar-refractivity contribution in [2.75, 3.05) is 52.4 Å². The average Bonchev–Trinajstić information content (AvgIpc) is 1.62. The summed E-state index contributed by atoms with van der Waals surface area (Å²) in [6.07, 6.45) is 9.05. The number of nitrogens with one attached hydrogen (secondary N) is 4. The minimum atomic E-state index is -3.28. The zero-order valence-corrected chi connectivity index (χ0v) is 71.9. The molecule has 0 bridgehead atoms. The Bertz CT molecular complexity index is 5690. The summed E-state index contributed by atoms with van der Waals surface area (Å²) in [5.74, 6) is -5.80. The predicted octanol–water partition coefficient (Wildman–Crippen LogP) is 18.6. The van der Waals surface area contributed by atoms with Crippen LogP contribution in [-0.2, 0) is 14.3 Å². The Morgan fingerprint density at radius 3 is 1.30 bits per heavy atom. The second kappa shape index (κ2) is 43.3. The fourth-order valence-corrected chi connectivity index (χ4v) is 16.1. The van der Waals surface area contributed by atoms with Crippen molar-refractivity contribution in [2.45, 2.75) is 109 Å². The van der Waals surface area contributed by atoms with E-state index in [-0.39, 0.29) is 95.9 Å². The molecule has 3 unspecified atom stereocenters. The maximum atomic E-state index is 14.6. The van der Waals surface area contributed by atoms with E-state index in [1.54, 1.807) is 83.8 Å². The van der Waals surface area contributed by atoms with Crippen LogP contribution in [0, 0.1) is 57.7 Å². The molecule has 5 atom stereocenters. The molecule has 0 spiro atoms. The minimum absolute atomic E-state index is 0.0221. The molecule has 8 aromatic carbocycles. The van der Waals surface area contributed by atoms with Gasteiger partial charge < -0.3 is 34.1 Å². The summed E-state index contributed by atoms with van der Waals surface area (Å²) in [5.41, 5.74) is 7.96. The zero-order chi connectivity index (χ0) is 90.9. The Morgan fingerprint density at radius 1 is 0.512 bits per heavy atom. The van der Waals surface area contributed by atoms with Crippen LogP contribution in [0.4, 0.5) is 61.4 Å². The highest BCUT2D eigenvalue weighted by Crippen LogP contribution is 2.45. The van der Waals surface area contributed by atoms with Crippen molar-refractivity contribution in [1.29, 1.82) is 15.8 Å². The summed E-state index contributed by atoms with van der Waals surface area (Å²) in [6.45, 7) is -1.76. The number of ether oxygens (including phenoxy) is 4. The number of rotatable bonds is 22. The van der Waals surface area contributed by atoms with Gasteiger partial charge in [-0.05, 0) is 153 Å². The van der Waals surface area contributed by atoms with E-state index in [0.717, 1.165) is 95.7 Å². The molecule has 3 amide bonds. The van der Waals surface area contributed by atoms with Crippen LogP contribution in [-0.4, -0.2) is 179 Å². The van der Waals surface area contributed by atoms with Crippen molar-refractivity contribution < 1.29 is 72.8 Å². The van der Waals surface area contributed by atoms with Crippen molar-refractivity contribution in [1.82, 2.24) is 51.0 Å². The van der Waals surface area contributed by atoms with Crippen LogP contribution in [0.15, 0.2) is 188 Å².